The molecule has 0 saturated heterocycles. The molecule has 1 fully saturated rings. The molecule has 0 amide bonds. The molecule has 0 bridgehead atoms. The molecule has 4 rings (SSSR count). The van der Waals surface area contributed by atoms with Gasteiger partial charge in [-0.25, -0.2) is 0 Å². The molecule has 1 saturated carbocycles. The molecule has 0 aliphatic heterocycles. The molecule has 1 heteroatoms. The minimum absolute atomic E-state index is 0.843. The van der Waals surface area contributed by atoms with Crippen LogP contribution < -0.4 is 15.9 Å². The molecule has 0 unspecified atom stereocenters. The van der Waals surface area contributed by atoms with Gasteiger partial charge in [0.15, 0.2) is 0 Å². The predicted octanol–water partition coefficient (Wildman–Crippen LogP) is 5.93. The van der Waals surface area contributed by atoms with E-state index in [4.69, 9.17) is 0 Å². The van der Waals surface area contributed by atoms with Crippen LogP contribution in [0.15, 0.2) is 91.0 Å². The van der Waals surface area contributed by atoms with Crippen molar-refractivity contribution in [2.24, 2.45) is 11.8 Å². The van der Waals surface area contributed by atoms with E-state index in [9.17, 15) is 0 Å². The molecule has 0 N–H and O–H groups in total. The van der Waals surface area contributed by atoms with E-state index in [1.54, 1.807) is 15.9 Å². The van der Waals surface area contributed by atoms with Crippen molar-refractivity contribution in [1.82, 2.24) is 0 Å². The average molecular weight is 389 g/mol. The van der Waals surface area contributed by atoms with E-state index in [2.05, 4.69) is 97.9 Å². The predicted molar refractivity (Wildman–Crippen MR) is 127 cm³/mol. The first-order valence-electron chi connectivity index (χ1n) is 11.0. The van der Waals surface area contributed by atoms with Crippen molar-refractivity contribution in [2.75, 3.05) is 6.16 Å². The Hall–Kier alpha value is -1.91. The Kier molecular flexibility index (Phi) is 6.28. The number of hydrogen-bond donors (Lipinski definition) is 0. The molecule has 0 spiro atoms. The summed E-state index contributed by atoms with van der Waals surface area (Å²) in [5.41, 5.74) is 0. The Bertz CT molecular complexity index is 737. The Labute approximate surface area is 171 Å². The topological polar surface area (TPSA) is 0 Å². The summed E-state index contributed by atoms with van der Waals surface area (Å²) >= 11 is 0. The van der Waals surface area contributed by atoms with Crippen molar-refractivity contribution >= 4 is 23.2 Å². The Morgan fingerprint density at radius 2 is 0.929 bits per heavy atom. The van der Waals surface area contributed by atoms with E-state index in [0.717, 1.165) is 11.8 Å². The van der Waals surface area contributed by atoms with Gasteiger partial charge in [0, 0.05) is 0 Å². The zero-order chi connectivity index (χ0) is 19.2. The average Bonchev–Trinajstić information content (AvgIpc) is 2.80. The fourth-order valence-corrected chi connectivity index (χ4v) is 10.6. The first-order chi connectivity index (χ1) is 13.8. The van der Waals surface area contributed by atoms with Gasteiger partial charge in [-0.15, -0.1) is 0 Å². The summed E-state index contributed by atoms with van der Waals surface area (Å²) in [7, 11) is -2.04. The first kappa shape index (κ1) is 19.4. The third-order valence-corrected chi connectivity index (χ3v) is 12.1. The molecule has 3 aromatic rings. The van der Waals surface area contributed by atoms with Crippen LogP contribution in [-0.4, -0.2) is 6.16 Å². The molecule has 0 radical (unpaired) electrons. The third-order valence-electron chi connectivity index (χ3n) is 6.94. The standard InChI is InChI=1S/C27H33P/c1-2-23-18-20-24(21-19-23)22-28(25-12-6-3-7-13-25,26-14-8-4-9-15-26)27-16-10-5-11-17-27/h3-17,23-24,28H,2,18-22H2,1H3. The van der Waals surface area contributed by atoms with E-state index in [1.807, 2.05) is 0 Å². The van der Waals surface area contributed by atoms with Crippen LogP contribution in [0.3, 0.4) is 0 Å². The molecule has 0 aromatic heterocycles. The van der Waals surface area contributed by atoms with E-state index in [1.165, 1.54) is 38.3 Å². The van der Waals surface area contributed by atoms with E-state index >= 15 is 0 Å². The monoisotopic (exact) mass is 388 g/mol. The number of rotatable bonds is 6. The molecule has 3 aromatic carbocycles. The van der Waals surface area contributed by atoms with Crippen molar-refractivity contribution in [3.8, 4) is 0 Å². The van der Waals surface area contributed by atoms with Crippen LogP contribution in [0.5, 0.6) is 0 Å². The van der Waals surface area contributed by atoms with Gasteiger partial charge in [0.25, 0.3) is 0 Å². The van der Waals surface area contributed by atoms with Gasteiger partial charge in [0.2, 0.25) is 0 Å². The van der Waals surface area contributed by atoms with E-state index in [0.29, 0.717) is 0 Å². The van der Waals surface area contributed by atoms with E-state index in [-0.39, 0.29) is 0 Å². The fraction of sp³-hybridized carbons (Fsp3) is 0.333. The second-order valence-electron chi connectivity index (χ2n) is 8.50. The zero-order valence-corrected chi connectivity index (χ0v) is 18.1. The number of benzene rings is 3. The van der Waals surface area contributed by atoms with Gasteiger partial charge < -0.3 is 0 Å². The van der Waals surface area contributed by atoms with Gasteiger partial charge in [-0.05, 0) is 0 Å². The molecule has 1 aliphatic rings. The summed E-state index contributed by atoms with van der Waals surface area (Å²) in [5.74, 6) is 1.80. The third kappa shape index (κ3) is 3.94. The van der Waals surface area contributed by atoms with Crippen molar-refractivity contribution in [3.63, 3.8) is 0 Å². The Morgan fingerprint density at radius 3 is 1.29 bits per heavy atom. The molecule has 1 aliphatic carbocycles. The second kappa shape index (κ2) is 9.06. The fourth-order valence-electron chi connectivity index (χ4n) is 5.30. The van der Waals surface area contributed by atoms with Gasteiger partial charge in [-0.2, -0.15) is 0 Å². The van der Waals surface area contributed by atoms with Crippen molar-refractivity contribution in [2.45, 2.75) is 39.0 Å². The molecule has 146 valence electrons. The van der Waals surface area contributed by atoms with Crippen molar-refractivity contribution in [3.05, 3.63) is 91.0 Å². The summed E-state index contributed by atoms with van der Waals surface area (Å²) in [5, 5.41) is 4.68. The Morgan fingerprint density at radius 1 is 0.571 bits per heavy atom. The normalized spacial score (nSPS) is 20.6. The SMILES string of the molecule is CCC1CCC(C[PH](c2ccccc2)(c2ccccc2)c2ccccc2)CC1. The zero-order valence-electron chi connectivity index (χ0n) is 17.1. The summed E-state index contributed by atoms with van der Waals surface area (Å²) in [4.78, 5) is 0. The Balaban J connectivity index is 1.82. The second-order valence-corrected chi connectivity index (χ2v) is 12.5. The summed E-state index contributed by atoms with van der Waals surface area (Å²) in [6, 6.07) is 34.2. The summed E-state index contributed by atoms with van der Waals surface area (Å²) < 4.78 is 0. The van der Waals surface area contributed by atoms with Gasteiger partial charge in [0.05, 0.1) is 0 Å². The molecule has 28 heavy (non-hydrogen) atoms. The van der Waals surface area contributed by atoms with Crippen LogP contribution in [0.2, 0.25) is 0 Å². The van der Waals surface area contributed by atoms with Crippen LogP contribution in [0.1, 0.15) is 39.0 Å². The maximum absolute atomic E-state index is 2.39. The van der Waals surface area contributed by atoms with Crippen LogP contribution in [-0.2, 0) is 0 Å². The minimum atomic E-state index is -2.04. The summed E-state index contributed by atoms with van der Waals surface area (Å²) in [6.45, 7) is 2.36. The molecular weight excluding hydrogens is 355 g/mol. The molecule has 0 heterocycles. The maximum atomic E-state index is 2.39. The van der Waals surface area contributed by atoms with E-state index < -0.39 is 7.26 Å². The quantitative estimate of drug-likeness (QED) is 0.459. The number of hydrogen-bond acceptors (Lipinski definition) is 0. The van der Waals surface area contributed by atoms with Crippen LogP contribution >= 0.6 is 7.26 Å². The van der Waals surface area contributed by atoms with Crippen molar-refractivity contribution < 1.29 is 0 Å². The van der Waals surface area contributed by atoms with Gasteiger partial charge in [-0.1, -0.05) is 0 Å². The van der Waals surface area contributed by atoms with Crippen molar-refractivity contribution in [1.29, 1.82) is 0 Å². The van der Waals surface area contributed by atoms with Gasteiger partial charge >= 0.3 is 171 Å². The summed E-state index contributed by atoms with van der Waals surface area (Å²) in [6.07, 6.45) is 8.33. The molecule has 0 atom stereocenters. The first-order valence-corrected chi connectivity index (χ1v) is 13.2. The molecule has 0 nitrogen and oxygen atoms in total. The van der Waals surface area contributed by atoms with Crippen LogP contribution in [0.25, 0.3) is 0 Å². The van der Waals surface area contributed by atoms with Gasteiger partial charge in [0.1, 0.15) is 0 Å². The van der Waals surface area contributed by atoms with Crippen LogP contribution in [0, 0.1) is 11.8 Å². The molecular formula is C27H33P. The van der Waals surface area contributed by atoms with Crippen LogP contribution in [0.4, 0.5) is 0 Å². The van der Waals surface area contributed by atoms with Gasteiger partial charge in [-0.3, -0.25) is 0 Å².